The first-order chi connectivity index (χ1) is 16.0. The second-order valence-electron chi connectivity index (χ2n) is 7.28. The number of nitrogen functional groups attached to an aromatic ring is 1. The van der Waals surface area contributed by atoms with E-state index in [-0.39, 0.29) is 11.5 Å². The maximum Gasteiger partial charge on any atom is 0.490 e. The molecule has 3 rings (SSSR count). The predicted octanol–water partition coefficient (Wildman–Crippen LogP) is -0.256. The minimum absolute atomic E-state index is 0.0823. The van der Waals surface area contributed by atoms with Crippen molar-refractivity contribution < 1.29 is 61.0 Å². The fraction of sp³-hybridized carbons (Fsp3) is 0.500. The maximum atomic E-state index is 12.1. The summed E-state index contributed by atoms with van der Waals surface area (Å²) in [6.45, 7) is 0.254. The lowest BCUT2D eigenvalue weighted by molar-refractivity contribution is -0.258. The molecule has 6 unspecified atom stereocenters. The third-order valence-corrected chi connectivity index (χ3v) is 8.90. The van der Waals surface area contributed by atoms with E-state index in [1.54, 1.807) is 0 Å². The highest BCUT2D eigenvalue weighted by atomic mass is 31.3. The van der Waals surface area contributed by atoms with Crippen molar-refractivity contribution in [2.45, 2.75) is 24.9 Å². The van der Waals surface area contributed by atoms with Gasteiger partial charge in [0.1, 0.15) is 35.2 Å². The highest BCUT2D eigenvalue weighted by molar-refractivity contribution is 7.66. The Bertz CT molecular complexity index is 1310. The molecule has 0 spiro atoms. The smallest absolute Gasteiger partial charge is 0.388 e. The number of anilines is 1. The van der Waals surface area contributed by atoms with Crippen molar-refractivity contribution in [3.8, 4) is 6.07 Å². The topological polar surface area (TPSA) is 279 Å². The van der Waals surface area contributed by atoms with Crippen molar-refractivity contribution in [3.63, 3.8) is 0 Å². The van der Waals surface area contributed by atoms with Gasteiger partial charge in [0.2, 0.25) is 5.79 Å². The molecule has 7 N–H and O–H groups in total. The quantitative estimate of drug-likeness (QED) is 0.216. The van der Waals surface area contributed by atoms with Gasteiger partial charge < -0.3 is 39.9 Å². The van der Waals surface area contributed by atoms with Crippen LogP contribution >= 0.6 is 23.5 Å². The molecule has 1 aliphatic heterocycles. The summed E-state index contributed by atoms with van der Waals surface area (Å²) in [4.78, 5) is 40.0. The average molecular weight is 559 g/mol. The number of methoxy groups -OCH3 is 1. The van der Waals surface area contributed by atoms with E-state index in [0.29, 0.717) is 5.52 Å². The zero-order valence-corrected chi connectivity index (χ0v) is 20.5. The van der Waals surface area contributed by atoms with E-state index in [1.165, 1.54) is 23.6 Å². The summed E-state index contributed by atoms with van der Waals surface area (Å²) < 4.78 is 58.7. The zero-order chi connectivity index (χ0) is 26.4. The van der Waals surface area contributed by atoms with Crippen LogP contribution in [0.1, 0.15) is 12.6 Å². The number of nitrogens with zero attached hydrogens (tertiary/aromatic N) is 4. The molecule has 21 heteroatoms. The molecule has 18 nitrogen and oxygen atoms in total. The molecule has 0 saturated carbocycles. The van der Waals surface area contributed by atoms with Crippen LogP contribution in [0.4, 0.5) is 5.82 Å². The number of aliphatic hydroxyl groups excluding tert-OH is 1. The summed E-state index contributed by atoms with van der Waals surface area (Å²) >= 11 is 0. The molecular formula is C14H20N5O13P3. The number of ether oxygens (including phenoxy) is 2. The monoisotopic (exact) mass is 559 g/mol. The molecule has 1 aliphatic rings. The van der Waals surface area contributed by atoms with Crippen LogP contribution in [0.2, 0.25) is 0 Å². The van der Waals surface area contributed by atoms with Gasteiger partial charge in [0.05, 0.1) is 12.7 Å². The maximum absolute atomic E-state index is 12.1. The summed E-state index contributed by atoms with van der Waals surface area (Å²) in [5, 5.41) is 24.8. The van der Waals surface area contributed by atoms with Gasteiger partial charge in [-0.05, 0) is 19.1 Å². The van der Waals surface area contributed by atoms with Crippen LogP contribution in [0.25, 0.3) is 5.52 Å². The van der Waals surface area contributed by atoms with Gasteiger partial charge in [-0.2, -0.15) is 19.0 Å². The van der Waals surface area contributed by atoms with Crippen LogP contribution in [0.3, 0.4) is 0 Å². The van der Waals surface area contributed by atoms with Crippen molar-refractivity contribution >= 4 is 34.8 Å². The SMILES string of the molecule is COC1(c2ccc3c(N)ncnn23)OC(COP(=O)(O)OP(=O)(O)OP(=O)(O)O)C(O)C1(C)C#N. The minimum atomic E-state index is -5.76. The average Bonchev–Trinajstić information content (AvgIpc) is 3.24. The number of nitrogens with two attached hydrogens (primary N) is 1. The van der Waals surface area contributed by atoms with Crippen molar-refractivity contribution in [1.82, 2.24) is 14.6 Å². The molecule has 194 valence electrons. The number of nitriles is 1. The second kappa shape index (κ2) is 9.25. The van der Waals surface area contributed by atoms with Gasteiger partial charge in [-0.25, -0.2) is 23.2 Å². The fourth-order valence-corrected chi connectivity index (χ4v) is 6.63. The van der Waals surface area contributed by atoms with Gasteiger partial charge in [-0.15, -0.1) is 0 Å². The number of fused-ring (bicyclic) bond motifs is 1. The minimum Gasteiger partial charge on any atom is -0.388 e. The molecule has 6 atom stereocenters. The van der Waals surface area contributed by atoms with Crippen LogP contribution in [-0.2, 0) is 42.1 Å². The van der Waals surface area contributed by atoms with Crippen LogP contribution in [0.15, 0.2) is 18.5 Å². The van der Waals surface area contributed by atoms with E-state index in [4.69, 9.17) is 25.0 Å². The molecule has 0 amide bonds. The van der Waals surface area contributed by atoms with Gasteiger partial charge >= 0.3 is 23.5 Å². The van der Waals surface area contributed by atoms with Crippen LogP contribution in [-0.4, -0.2) is 65.2 Å². The van der Waals surface area contributed by atoms with Crippen LogP contribution < -0.4 is 5.73 Å². The molecule has 0 bridgehead atoms. The highest BCUT2D eigenvalue weighted by Crippen LogP contribution is 2.66. The van der Waals surface area contributed by atoms with Crippen molar-refractivity contribution in [2.75, 3.05) is 19.5 Å². The number of aliphatic hydroxyl groups is 1. The van der Waals surface area contributed by atoms with E-state index in [1.807, 2.05) is 6.07 Å². The van der Waals surface area contributed by atoms with Gasteiger partial charge in [0.25, 0.3) is 0 Å². The third kappa shape index (κ3) is 5.19. The van der Waals surface area contributed by atoms with E-state index in [2.05, 4.69) is 23.2 Å². The first-order valence-electron chi connectivity index (χ1n) is 9.20. The lowest BCUT2D eigenvalue weighted by Gasteiger charge is -2.36. The van der Waals surface area contributed by atoms with Gasteiger partial charge in [-0.3, -0.25) is 4.52 Å². The van der Waals surface area contributed by atoms with Crippen LogP contribution in [0, 0.1) is 16.7 Å². The molecule has 1 saturated heterocycles. The Morgan fingerprint density at radius 2 is 1.89 bits per heavy atom. The number of hydrogen-bond donors (Lipinski definition) is 6. The lowest BCUT2D eigenvalue weighted by Crippen LogP contribution is -2.47. The Morgan fingerprint density at radius 3 is 2.46 bits per heavy atom. The first-order valence-corrected chi connectivity index (χ1v) is 13.7. The Morgan fingerprint density at radius 1 is 1.23 bits per heavy atom. The van der Waals surface area contributed by atoms with E-state index in [0.717, 1.165) is 13.4 Å². The molecule has 1 fully saturated rings. The molecule has 2 aromatic rings. The fourth-order valence-electron chi connectivity index (χ4n) is 3.60. The van der Waals surface area contributed by atoms with Crippen molar-refractivity contribution in [3.05, 3.63) is 24.2 Å². The van der Waals surface area contributed by atoms with Crippen molar-refractivity contribution in [2.24, 2.45) is 5.41 Å². The number of rotatable bonds is 9. The first kappa shape index (κ1) is 27.8. The van der Waals surface area contributed by atoms with Gasteiger partial charge in [0, 0.05) is 7.11 Å². The Labute approximate surface area is 196 Å². The number of phosphoric ester groups is 1. The Balaban J connectivity index is 1.90. The summed E-state index contributed by atoms with van der Waals surface area (Å²) in [5.41, 5.74) is 4.34. The number of hydrogen-bond acceptors (Lipinski definition) is 13. The molecule has 35 heavy (non-hydrogen) atoms. The molecule has 0 aliphatic carbocycles. The standard InChI is InChI=1S/C14H20N5O13P3/c1-13(6-15)11(20)9(5-29-34(24,25)32-35(26,27)31-33(21,22)23)30-14(13,28-2)10-4-3-8-12(16)17-7-18-19(8)10/h3-4,7,9,11,20H,5H2,1-2H3,(H,24,25)(H,26,27)(H2,16,17,18)(H2,21,22,23). The predicted molar refractivity (Wildman–Crippen MR) is 111 cm³/mol. The number of aromatic nitrogens is 3. The molecule has 3 heterocycles. The molecule has 0 radical (unpaired) electrons. The zero-order valence-electron chi connectivity index (χ0n) is 17.8. The van der Waals surface area contributed by atoms with Gasteiger partial charge in [0.15, 0.2) is 5.82 Å². The summed E-state index contributed by atoms with van der Waals surface area (Å²) in [6, 6.07) is 4.83. The molecular weight excluding hydrogens is 539 g/mol. The Hall–Kier alpha value is -1.80. The highest BCUT2D eigenvalue weighted by Gasteiger charge is 2.67. The third-order valence-electron chi connectivity index (χ3n) is 5.10. The largest absolute Gasteiger partial charge is 0.490 e. The lowest BCUT2D eigenvalue weighted by atomic mass is 9.76. The van der Waals surface area contributed by atoms with Crippen LogP contribution in [0.5, 0.6) is 0 Å². The summed E-state index contributed by atoms with van der Waals surface area (Å²) in [6.07, 6.45) is -2.20. The second-order valence-corrected chi connectivity index (χ2v) is 11.7. The Kier molecular flexibility index (Phi) is 7.35. The summed E-state index contributed by atoms with van der Waals surface area (Å²) in [7, 11) is -15.7. The van der Waals surface area contributed by atoms with E-state index in [9.17, 15) is 33.9 Å². The number of phosphoric acid groups is 3. The summed E-state index contributed by atoms with van der Waals surface area (Å²) in [5.74, 6) is -1.96. The van der Waals surface area contributed by atoms with E-state index < -0.39 is 53.5 Å². The normalized spacial score (nSPS) is 30.6. The molecule has 0 aromatic carbocycles. The molecule has 2 aromatic heterocycles. The van der Waals surface area contributed by atoms with Gasteiger partial charge in [-0.1, -0.05) is 0 Å². The van der Waals surface area contributed by atoms with E-state index >= 15 is 0 Å². The van der Waals surface area contributed by atoms with Crippen molar-refractivity contribution in [1.29, 1.82) is 5.26 Å².